The number of benzene rings is 1. The molecule has 3 heterocycles. The lowest BCUT2D eigenvalue weighted by atomic mass is 10.1. The van der Waals surface area contributed by atoms with Crippen molar-refractivity contribution in [3.8, 4) is 11.4 Å². The molecule has 2 aliphatic heterocycles. The van der Waals surface area contributed by atoms with Crippen molar-refractivity contribution in [1.82, 2.24) is 20.0 Å². The van der Waals surface area contributed by atoms with E-state index in [4.69, 9.17) is 4.74 Å². The highest BCUT2D eigenvalue weighted by molar-refractivity contribution is 5.92. The van der Waals surface area contributed by atoms with E-state index in [0.717, 1.165) is 42.9 Å². The number of ether oxygens (including phenoxy) is 1. The molecule has 2 aliphatic rings. The van der Waals surface area contributed by atoms with E-state index in [1.54, 1.807) is 17.9 Å². The number of hydrogen-bond acceptors (Lipinski definition) is 4. The fourth-order valence-electron chi connectivity index (χ4n) is 3.84. The Morgan fingerprint density at radius 2 is 2.08 bits per heavy atom. The van der Waals surface area contributed by atoms with Crippen LogP contribution in [0.15, 0.2) is 30.5 Å². The Kier molecular flexibility index (Phi) is 4.21. The lowest BCUT2D eigenvalue weighted by Gasteiger charge is -2.23. The molecule has 2 atom stereocenters. The van der Waals surface area contributed by atoms with Crippen LogP contribution in [0.25, 0.3) is 5.69 Å². The fraction of sp³-hybridized carbons (Fsp3) is 0.474. The Balaban J connectivity index is 1.57. The van der Waals surface area contributed by atoms with Crippen molar-refractivity contribution in [2.75, 3.05) is 20.2 Å². The molecule has 0 radical (unpaired) electrons. The molecule has 1 N–H and O–H groups in total. The van der Waals surface area contributed by atoms with Gasteiger partial charge in [-0.3, -0.25) is 4.79 Å². The first-order valence-electron chi connectivity index (χ1n) is 8.90. The van der Waals surface area contributed by atoms with E-state index < -0.39 is 0 Å². The van der Waals surface area contributed by atoms with Crippen LogP contribution >= 0.6 is 0 Å². The van der Waals surface area contributed by atoms with Crippen molar-refractivity contribution < 1.29 is 9.53 Å². The average Bonchev–Trinajstić information content (AvgIpc) is 3.21. The van der Waals surface area contributed by atoms with Crippen LogP contribution in [0.4, 0.5) is 0 Å². The molecular weight excluding hydrogens is 316 g/mol. The lowest BCUT2D eigenvalue weighted by Crippen LogP contribution is -2.39. The van der Waals surface area contributed by atoms with E-state index in [0.29, 0.717) is 17.8 Å². The molecule has 0 aliphatic carbocycles. The van der Waals surface area contributed by atoms with Gasteiger partial charge in [0.15, 0.2) is 5.69 Å². The third kappa shape index (κ3) is 3.14. The predicted octanol–water partition coefficient (Wildman–Crippen LogP) is 2.16. The quantitative estimate of drug-likeness (QED) is 0.930. The van der Waals surface area contributed by atoms with Crippen LogP contribution in [0, 0.1) is 6.92 Å². The maximum absolute atomic E-state index is 12.9. The molecule has 4 rings (SSSR count). The zero-order valence-electron chi connectivity index (χ0n) is 14.7. The van der Waals surface area contributed by atoms with Crippen LogP contribution in [0.2, 0.25) is 0 Å². The number of aromatic nitrogens is 2. The monoisotopic (exact) mass is 340 g/mol. The summed E-state index contributed by atoms with van der Waals surface area (Å²) in [6, 6.07) is 8.71. The van der Waals surface area contributed by atoms with Gasteiger partial charge in [-0.25, -0.2) is 4.68 Å². The number of rotatable bonds is 3. The zero-order valence-corrected chi connectivity index (χ0v) is 14.7. The summed E-state index contributed by atoms with van der Waals surface area (Å²) in [7, 11) is 1.64. The van der Waals surface area contributed by atoms with Gasteiger partial charge in [-0.2, -0.15) is 5.10 Å². The molecule has 2 saturated heterocycles. The number of hydrogen-bond donors (Lipinski definition) is 1. The molecular formula is C19H24N4O2. The molecule has 1 aromatic heterocycles. The minimum absolute atomic E-state index is 0.0136. The molecule has 2 aromatic rings. The van der Waals surface area contributed by atoms with Gasteiger partial charge in [0.1, 0.15) is 11.4 Å². The van der Waals surface area contributed by atoms with Gasteiger partial charge in [0.25, 0.3) is 5.91 Å². The van der Waals surface area contributed by atoms with Crippen molar-refractivity contribution in [2.24, 2.45) is 0 Å². The van der Waals surface area contributed by atoms with E-state index in [9.17, 15) is 4.79 Å². The van der Waals surface area contributed by atoms with Crippen LogP contribution in [0.3, 0.4) is 0 Å². The number of nitrogens with one attached hydrogen (secondary N) is 1. The Labute approximate surface area is 147 Å². The summed E-state index contributed by atoms with van der Waals surface area (Å²) in [5.41, 5.74) is 2.45. The number of carbonyl (C=O) groups excluding carboxylic acids is 1. The maximum Gasteiger partial charge on any atom is 0.274 e. The molecule has 2 unspecified atom stereocenters. The highest BCUT2D eigenvalue weighted by Gasteiger charge is 2.32. The highest BCUT2D eigenvalue weighted by Crippen LogP contribution is 2.24. The van der Waals surface area contributed by atoms with Crippen LogP contribution in [-0.4, -0.2) is 52.9 Å². The third-order valence-electron chi connectivity index (χ3n) is 5.20. The van der Waals surface area contributed by atoms with Crippen LogP contribution in [-0.2, 0) is 0 Å². The Bertz CT molecular complexity index is 785. The highest BCUT2D eigenvalue weighted by atomic mass is 16.5. The molecule has 2 bridgehead atoms. The van der Waals surface area contributed by atoms with Crippen molar-refractivity contribution in [3.05, 3.63) is 41.7 Å². The van der Waals surface area contributed by atoms with Crippen molar-refractivity contribution in [1.29, 1.82) is 0 Å². The van der Waals surface area contributed by atoms with Gasteiger partial charge >= 0.3 is 0 Å². The summed E-state index contributed by atoms with van der Waals surface area (Å²) in [5.74, 6) is 0.753. The summed E-state index contributed by atoms with van der Waals surface area (Å²) in [5, 5.41) is 8.13. The van der Waals surface area contributed by atoms with Gasteiger partial charge < -0.3 is 15.0 Å². The van der Waals surface area contributed by atoms with E-state index in [-0.39, 0.29) is 5.91 Å². The number of fused-ring (bicyclic) bond motifs is 2. The van der Waals surface area contributed by atoms with E-state index >= 15 is 0 Å². The Hall–Kier alpha value is -2.34. The van der Waals surface area contributed by atoms with Crippen molar-refractivity contribution in [2.45, 2.75) is 38.3 Å². The summed E-state index contributed by atoms with van der Waals surface area (Å²) in [4.78, 5) is 14.8. The number of methoxy groups -OCH3 is 1. The molecule has 1 amide bonds. The molecule has 6 heteroatoms. The summed E-state index contributed by atoms with van der Waals surface area (Å²) < 4.78 is 7.15. The number of likely N-dealkylation sites (tertiary alicyclic amines) is 1. The molecule has 6 nitrogen and oxygen atoms in total. The predicted molar refractivity (Wildman–Crippen MR) is 95.3 cm³/mol. The Morgan fingerprint density at radius 3 is 2.92 bits per heavy atom. The smallest absolute Gasteiger partial charge is 0.274 e. The first-order chi connectivity index (χ1) is 12.1. The summed E-state index contributed by atoms with van der Waals surface area (Å²) in [6.45, 7) is 3.60. The van der Waals surface area contributed by atoms with Gasteiger partial charge in [0, 0.05) is 31.4 Å². The largest absolute Gasteiger partial charge is 0.494 e. The number of amides is 1. The second-order valence-electron chi connectivity index (χ2n) is 7.00. The van der Waals surface area contributed by atoms with E-state index in [1.807, 2.05) is 36.2 Å². The summed E-state index contributed by atoms with van der Waals surface area (Å²) >= 11 is 0. The first-order valence-corrected chi connectivity index (χ1v) is 8.90. The van der Waals surface area contributed by atoms with Crippen LogP contribution in [0.1, 0.15) is 35.3 Å². The van der Waals surface area contributed by atoms with Crippen LogP contribution < -0.4 is 10.1 Å². The van der Waals surface area contributed by atoms with Crippen LogP contribution in [0.5, 0.6) is 5.75 Å². The maximum atomic E-state index is 12.9. The second-order valence-corrected chi connectivity index (χ2v) is 7.00. The fourth-order valence-corrected chi connectivity index (χ4v) is 3.84. The lowest BCUT2D eigenvalue weighted by molar-refractivity contribution is 0.0741. The van der Waals surface area contributed by atoms with Gasteiger partial charge in [0.05, 0.1) is 7.11 Å². The average molecular weight is 340 g/mol. The minimum atomic E-state index is 0.0136. The van der Waals surface area contributed by atoms with Gasteiger partial charge in [0.2, 0.25) is 0 Å². The zero-order chi connectivity index (χ0) is 17.4. The first kappa shape index (κ1) is 16.1. The van der Waals surface area contributed by atoms with Crippen molar-refractivity contribution in [3.63, 3.8) is 0 Å². The molecule has 0 spiro atoms. The van der Waals surface area contributed by atoms with Gasteiger partial charge in [-0.1, -0.05) is 6.07 Å². The second kappa shape index (κ2) is 6.52. The SMILES string of the molecule is COc1ccc(C)cc1-n1ccc(C(=O)N2CCC3CCC(C2)N3)n1. The Morgan fingerprint density at radius 1 is 1.24 bits per heavy atom. The molecule has 25 heavy (non-hydrogen) atoms. The number of nitrogens with zero attached hydrogens (tertiary/aromatic N) is 3. The molecule has 2 fully saturated rings. The van der Waals surface area contributed by atoms with Gasteiger partial charge in [-0.15, -0.1) is 0 Å². The number of carbonyl (C=O) groups is 1. The van der Waals surface area contributed by atoms with Gasteiger partial charge in [-0.05, 0) is 49.9 Å². The molecule has 0 saturated carbocycles. The topological polar surface area (TPSA) is 59.4 Å². The normalized spacial score (nSPS) is 22.7. The van der Waals surface area contributed by atoms with E-state index in [2.05, 4.69) is 10.4 Å². The molecule has 132 valence electrons. The van der Waals surface area contributed by atoms with E-state index in [1.165, 1.54) is 6.42 Å². The summed E-state index contributed by atoms with van der Waals surface area (Å²) in [6.07, 6.45) is 5.24. The molecule has 1 aromatic carbocycles. The third-order valence-corrected chi connectivity index (χ3v) is 5.20. The minimum Gasteiger partial charge on any atom is -0.494 e. The van der Waals surface area contributed by atoms with Crippen molar-refractivity contribution >= 4 is 5.91 Å². The standard InChI is InChI=1S/C19H24N4O2/c1-13-3-6-18(25-2)17(11-13)23-10-8-16(21-23)19(24)22-9-7-14-4-5-15(12-22)20-14/h3,6,8,10-11,14-15,20H,4-5,7,9,12H2,1-2H3. The number of aryl methyl sites for hydroxylation is 1.